The van der Waals surface area contributed by atoms with E-state index in [1.807, 2.05) is 0 Å². The number of nitrogens with zero attached hydrogens (tertiary/aromatic N) is 1. The fourth-order valence-electron chi connectivity index (χ4n) is 4.49. The summed E-state index contributed by atoms with van der Waals surface area (Å²) in [5.41, 5.74) is 8.67. The molecule has 0 aliphatic rings. The molecule has 1 heterocycles. The minimum atomic E-state index is 0.0525. The molecule has 0 aliphatic heterocycles. The lowest BCUT2D eigenvalue weighted by Gasteiger charge is -2.23. The SMILES string of the molecule is Cc1c[c-][n+](-c2cc(C(C)(C)C)c3ccccc3c2)cc1-c1ccc(-c2ccccc2)cc1. The number of rotatable bonds is 3. The zero-order valence-corrected chi connectivity index (χ0v) is 19.8. The van der Waals surface area contributed by atoms with Crippen molar-refractivity contribution in [2.75, 3.05) is 0 Å². The lowest BCUT2D eigenvalue weighted by molar-refractivity contribution is -0.599. The van der Waals surface area contributed by atoms with Crippen LogP contribution in [0.15, 0.2) is 103 Å². The molecule has 0 N–H and O–H groups in total. The Morgan fingerprint density at radius 1 is 0.697 bits per heavy atom. The summed E-state index contributed by atoms with van der Waals surface area (Å²) in [7, 11) is 0. The molecule has 0 radical (unpaired) electrons. The fraction of sp³-hybridized carbons (Fsp3) is 0.156. The molecule has 1 aromatic heterocycles. The number of aryl methyl sites for hydroxylation is 1. The van der Waals surface area contributed by atoms with Crippen molar-refractivity contribution in [3.05, 3.63) is 121 Å². The van der Waals surface area contributed by atoms with Crippen molar-refractivity contribution in [1.82, 2.24) is 0 Å². The summed E-state index contributed by atoms with van der Waals surface area (Å²) in [6, 6.07) is 34.7. The zero-order chi connectivity index (χ0) is 23.0. The summed E-state index contributed by atoms with van der Waals surface area (Å²) >= 11 is 0. The van der Waals surface area contributed by atoms with Gasteiger partial charge in [-0.3, -0.25) is 4.57 Å². The summed E-state index contributed by atoms with van der Waals surface area (Å²) < 4.78 is 2.13. The van der Waals surface area contributed by atoms with Crippen LogP contribution in [0.3, 0.4) is 0 Å². The van der Waals surface area contributed by atoms with Crippen LogP contribution in [0, 0.1) is 13.1 Å². The van der Waals surface area contributed by atoms with E-state index in [1.54, 1.807) is 0 Å². The van der Waals surface area contributed by atoms with Crippen LogP contribution in [0.5, 0.6) is 0 Å². The summed E-state index contributed by atoms with van der Waals surface area (Å²) in [4.78, 5) is 0. The van der Waals surface area contributed by atoms with Crippen LogP contribution in [0.1, 0.15) is 31.9 Å². The van der Waals surface area contributed by atoms with Gasteiger partial charge in [0.1, 0.15) is 5.69 Å². The van der Waals surface area contributed by atoms with Crippen LogP contribution >= 0.6 is 0 Å². The second kappa shape index (κ2) is 8.33. The highest BCUT2D eigenvalue weighted by Gasteiger charge is 2.19. The van der Waals surface area contributed by atoms with Crippen LogP contribution in [-0.4, -0.2) is 0 Å². The molecule has 1 heteroatoms. The van der Waals surface area contributed by atoms with Gasteiger partial charge in [-0.25, -0.2) is 0 Å². The van der Waals surface area contributed by atoms with Crippen LogP contribution in [-0.2, 0) is 5.41 Å². The Morgan fingerprint density at radius 3 is 2.06 bits per heavy atom. The van der Waals surface area contributed by atoms with Crippen LogP contribution < -0.4 is 4.57 Å². The molecule has 0 saturated carbocycles. The molecule has 0 atom stereocenters. The molecule has 0 amide bonds. The summed E-state index contributed by atoms with van der Waals surface area (Å²) in [6.07, 6.45) is 5.67. The number of hydrogen-bond donors (Lipinski definition) is 0. The van der Waals surface area contributed by atoms with Gasteiger partial charge < -0.3 is 0 Å². The first-order valence-corrected chi connectivity index (χ1v) is 11.5. The topological polar surface area (TPSA) is 3.88 Å². The lowest BCUT2D eigenvalue weighted by Crippen LogP contribution is -2.31. The number of benzene rings is 4. The van der Waals surface area contributed by atoms with E-state index in [0.717, 1.165) is 5.69 Å². The van der Waals surface area contributed by atoms with Gasteiger partial charge in [0.05, 0.1) is 6.20 Å². The van der Waals surface area contributed by atoms with Gasteiger partial charge >= 0.3 is 0 Å². The molecular weight excluding hydrogens is 398 g/mol. The molecule has 1 nitrogen and oxygen atoms in total. The van der Waals surface area contributed by atoms with E-state index in [9.17, 15) is 0 Å². The molecule has 5 aromatic rings. The smallest absolute Gasteiger partial charge is 0.152 e. The van der Waals surface area contributed by atoms with E-state index < -0.39 is 0 Å². The quantitative estimate of drug-likeness (QED) is 0.204. The highest BCUT2D eigenvalue weighted by molar-refractivity contribution is 5.88. The van der Waals surface area contributed by atoms with Crippen molar-refractivity contribution < 1.29 is 4.57 Å². The molecule has 4 aromatic carbocycles. The average Bonchev–Trinajstić information content (AvgIpc) is 2.84. The predicted molar refractivity (Wildman–Crippen MR) is 139 cm³/mol. The van der Waals surface area contributed by atoms with Crippen molar-refractivity contribution >= 4 is 10.8 Å². The second-order valence-electron chi connectivity index (χ2n) is 9.78. The van der Waals surface area contributed by atoms with E-state index in [4.69, 9.17) is 0 Å². The standard InChI is InChI=1S/C32H29N/c1-23-18-19-33(28-20-27-12-8-9-13-29(27)31(21-28)32(2,3)4)22-30(23)26-16-14-25(15-17-26)24-10-6-5-7-11-24/h5-18,20-22H,1-4H3. The lowest BCUT2D eigenvalue weighted by atomic mass is 9.83. The molecule has 33 heavy (non-hydrogen) atoms. The largest absolute Gasteiger partial charge is 0.284 e. The van der Waals surface area contributed by atoms with Gasteiger partial charge in [0, 0.05) is 0 Å². The van der Waals surface area contributed by atoms with Crippen molar-refractivity contribution in [3.8, 4) is 27.9 Å². The first-order valence-electron chi connectivity index (χ1n) is 11.5. The predicted octanol–water partition coefficient (Wildman–Crippen LogP) is 7.86. The van der Waals surface area contributed by atoms with E-state index in [-0.39, 0.29) is 5.41 Å². The van der Waals surface area contributed by atoms with Gasteiger partial charge in [0.15, 0.2) is 6.20 Å². The van der Waals surface area contributed by atoms with Crippen LogP contribution in [0.4, 0.5) is 0 Å². The van der Waals surface area contributed by atoms with Crippen molar-refractivity contribution in [2.24, 2.45) is 0 Å². The Bertz CT molecular complexity index is 1420. The summed E-state index contributed by atoms with van der Waals surface area (Å²) in [6.45, 7) is 8.99. The van der Waals surface area contributed by atoms with Crippen molar-refractivity contribution in [1.29, 1.82) is 0 Å². The van der Waals surface area contributed by atoms with Gasteiger partial charge in [-0.15, -0.1) is 5.56 Å². The molecule has 0 fully saturated rings. The molecular formula is C32H29N. The van der Waals surface area contributed by atoms with Gasteiger partial charge in [0.2, 0.25) is 0 Å². The minimum absolute atomic E-state index is 0.0525. The molecule has 0 spiro atoms. The molecule has 0 aliphatic carbocycles. The normalized spacial score (nSPS) is 11.6. The van der Waals surface area contributed by atoms with E-state index in [1.165, 1.54) is 44.2 Å². The third-order valence-corrected chi connectivity index (χ3v) is 6.34. The Kier molecular flexibility index (Phi) is 5.34. The molecule has 162 valence electrons. The molecule has 0 bridgehead atoms. The Hall–Kier alpha value is -3.71. The summed E-state index contributed by atoms with van der Waals surface area (Å²) in [5, 5.41) is 2.58. The zero-order valence-electron chi connectivity index (χ0n) is 19.8. The maximum absolute atomic E-state index is 3.46. The molecule has 5 rings (SSSR count). The van der Waals surface area contributed by atoms with E-state index in [0.29, 0.717) is 0 Å². The highest BCUT2D eigenvalue weighted by atomic mass is 14.9. The summed E-state index contributed by atoms with van der Waals surface area (Å²) in [5.74, 6) is 0. The maximum Gasteiger partial charge on any atom is 0.152 e. The average molecular weight is 428 g/mol. The van der Waals surface area contributed by atoms with Gasteiger partial charge in [0.25, 0.3) is 0 Å². The number of fused-ring (bicyclic) bond motifs is 1. The van der Waals surface area contributed by atoms with Gasteiger partial charge in [-0.05, 0) is 56.1 Å². The second-order valence-corrected chi connectivity index (χ2v) is 9.78. The van der Waals surface area contributed by atoms with Crippen LogP contribution in [0.25, 0.3) is 38.7 Å². The third-order valence-electron chi connectivity index (χ3n) is 6.34. The monoisotopic (exact) mass is 427 g/mol. The highest BCUT2D eigenvalue weighted by Crippen LogP contribution is 2.32. The van der Waals surface area contributed by atoms with Gasteiger partial charge in [-0.1, -0.05) is 113 Å². The van der Waals surface area contributed by atoms with Crippen LogP contribution in [0.2, 0.25) is 0 Å². The van der Waals surface area contributed by atoms with Crippen molar-refractivity contribution in [3.63, 3.8) is 0 Å². The number of aromatic nitrogens is 1. The molecule has 0 unspecified atom stereocenters. The van der Waals surface area contributed by atoms with E-state index >= 15 is 0 Å². The first-order chi connectivity index (χ1) is 15.9. The number of hydrogen-bond acceptors (Lipinski definition) is 0. The van der Waals surface area contributed by atoms with Gasteiger partial charge in [-0.2, -0.15) is 0 Å². The maximum atomic E-state index is 3.46. The molecule has 0 saturated heterocycles. The van der Waals surface area contributed by atoms with E-state index in [2.05, 4.69) is 142 Å². The minimum Gasteiger partial charge on any atom is -0.284 e. The van der Waals surface area contributed by atoms with Crippen molar-refractivity contribution in [2.45, 2.75) is 33.1 Å². The fourth-order valence-corrected chi connectivity index (χ4v) is 4.49. The Balaban J connectivity index is 1.59. The Morgan fingerprint density at radius 2 is 1.33 bits per heavy atom. The number of pyridine rings is 1. The first kappa shape index (κ1) is 21.2. The Labute approximate surface area is 197 Å². The third kappa shape index (κ3) is 4.19.